The Morgan fingerprint density at radius 3 is 2.72 bits per heavy atom. The van der Waals surface area contributed by atoms with Crippen LogP contribution in [0.5, 0.6) is 0 Å². The Morgan fingerprint density at radius 2 is 1.96 bits per heavy atom. The Hall–Kier alpha value is -0.705. The number of nitrogens with zero attached hydrogens (tertiary/aromatic N) is 2. The van der Waals surface area contributed by atoms with Crippen molar-refractivity contribution < 1.29 is 9.19 Å². The van der Waals surface area contributed by atoms with Gasteiger partial charge in [0.25, 0.3) is 5.91 Å². The molecule has 0 saturated carbocycles. The van der Waals surface area contributed by atoms with Crippen molar-refractivity contribution in [2.75, 3.05) is 26.2 Å². The fourth-order valence-electron chi connectivity index (χ4n) is 5.95. The van der Waals surface area contributed by atoms with Crippen LogP contribution in [0.1, 0.15) is 53.1 Å². The first-order valence-electron chi connectivity index (χ1n) is 9.66. The first-order valence-corrected chi connectivity index (χ1v) is 10.5. The minimum atomic E-state index is -0.378. The van der Waals surface area contributed by atoms with Crippen LogP contribution in [0.4, 0.5) is 0 Å². The summed E-state index contributed by atoms with van der Waals surface area (Å²) < 4.78 is 0.769. The molecule has 3 fully saturated rings. The number of aryl methyl sites for hydroxylation is 1. The van der Waals surface area contributed by atoms with Crippen LogP contribution in [0, 0.1) is 5.92 Å². The fourth-order valence-corrected chi connectivity index (χ4v) is 6.50. The van der Waals surface area contributed by atoms with Crippen LogP contribution in [-0.2, 0) is 6.42 Å². The van der Waals surface area contributed by atoms with Crippen LogP contribution in [0.3, 0.4) is 0 Å². The van der Waals surface area contributed by atoms with Gasteiger partial charge in [-0.2, -0.15) is 0 Å². The Bertz CT molecular complexity index is 717. The van der Waals surface area contributed by atoms with Gasteiger partial charge in [0.05, 0.1) is 25.7 Å². The average molecular weight is 378 g/mol. The highest BCUT2D eigenvalue weighted by molar-refractivity contribution is 7.30. The molecule has 2 atom stereocenters. The predicted molar refractivity (Wildman–Crippen MR) is 102 cm³/mol. The van der Waals surface area contributed by atoms with Crippen molar-refractivity contribution in [2.45, 2.75) is 44.1 Å². The lowest BCUT2D eigenvalue weighted by Gasteiger charge is -2.56. The van der Waals surface area contributed by atoms with E-state index in [-0.39, 0.29) is 11.6 Å². The number of halogens is 2. The smallest absolute Gasteiger partial charge is 0.363 e. The van der Waals surface area contributed by atoms with Gasteiger partial charge in [-0.1, -0.05) is 35.1 Å². The van der Waals surface area contributed by atoms with E-state index in [1.165, 1.54) is 24.0 Å². The summed E-state index contributed by atoms with van der Waals surface area (Å²) in [6, 6.07) is 6.63. The van der Waals surface area contributed by atoms with Crippen molar-refractivity contribution in [3.63, 3.8) is 0 Å². The quantitative estimate of drug-likeness (QED) is 0.720. The molecule has 4 heterocycles. The van der Waals surface area contributed by atoms with Gasteiger partial charge in [-0.15, -0.1) is 0 Å². The molecule has 6 rings (SSSR count). The third-order valence-electron chi connectivity index (χ3n) is 7.31. The monoisotopic (exact) mass is 377 g/mol. The molecule has 4 aliphatic heterocycles. The number of piperidine rings is 3. The van der Waals surface area contributed by atoms with E-state index in [2.05, 4.69) is 17.0 Å². The second-order valence-electron chi connectivity index (χ2n) is 8.46. The topological polar surface area (TPSA) is 20.3 Å². The standard InChI is InChI=1S/C19H24BCl2N2O/c21-20(22)24-9-7-13(8-10-24)17(12-24)23-11-15-5-1-3-14-4-2-6-16(18(14)15)19(23)25/h2,4,6,13,15,17H,1,3,5,7-12H2/q+1/t13?,15-,17-,24?/m1/s1. The fraction of sp³-hybridized carbons (Fsp3) is 0.632. The molecular weight excluding hydrogens is 354 g/mol. The van der Waals surface area contributed by atoms with E-state index in [0.717, 1.165) is 55.4 Å². The molecule has 1 aliphatic carbocycles. The summed E-state index contributed by atoms with van der Waals surface area (Å²) in [6.07, 6.45) is 5.85. The van der Waals surface area contributed by atoms with E-state index < -0.39 is 0 Å². The highest BCUT2D eigenvalue weighted by Crippen LogP contribution is 2.44. The lowest BCUT2D eigenvalue weighted by atomic mass is 9.74. The predicted octanol–water partition coefficient (Wildman–Crippen LogP) is 3.63. The number of hydrogen-bond acceptors (Lipinski definition) is 1. The van der Waals surface area contributed by atoms with Crippen LogP contribution in [0.15, 0.2) is 18.2 Å². The Balaban J connectivity index is 1.51. The lowest BCUT2D eigenvalue weighted by molar-refractivity contribution is -0.843. The van der Waals surface area contributed by atoms with Crippen LogP contribution in [0.25, 0.3) is 0 Å². The van der Waals surface area contributed by atoms with Crippen molar-refractivity contribution in [3.05, 3.63) is 34.9 Å². The van der Waals surface area contributed by atoms with Crippen molar-refractivity contribution in [1.29, 1.82) is 0 Å². The first-order chi connectivity index (χ1) is 12.1. The van der Waals surface area contributed by atoms with Crippen molar-refractivity contribution in [1.82, 2.24) is 4.90 Å². The van der Waals surface area contributed by atoms with E-state index in [0.29, 0.717) is 17.9 Å². The molecule has 1 aromatic carbocycles. The van der Waals surface area contributed by atoms with E-state index in [1.54, 1.807) is 0 Å². The molecule has 3 saturated heterocycles. The highest BCUT2D eigenvalue weighted by Gasteiger charge is 2.54. The third-order valence-corrected chi connectivity index (χ3v) is 8.14. The average Bonchev–Trinajstić information content (AvgIpc) is 2.65. The van der Waals surface area contributed by atoms with Gasteiger partial charge in [-0.25, -0.2) is 0 Å². The van der Waals surface area contributed by atoms with Gasteiger partial charge in [0.15, 0.2) is 0 Å². The van der Waals surface area contributed by atoms with Crippen LogP contribution in [-0.4, -0.2) is 53.1 Å². The normalized spacial score (nSPS) is 36.3. The molecule has 5 aliphatic rings. The summed E-state index contributed by atoms with van der Waals surface area (Å²) in [5.41, 5.74) is 3.34. The second-order valence-corrected chi connectivity index (χ2v) is 9.51. The molecule has 132 valence electrons. The minimum absolute atomic E-state index is 0.243. The maximum atomic E-state index is 13.4. The number of fused-ring (bicyclic) bond motifs is 3. The van der Waals surface area contributed by atoms with E-state index in [1.807, 2.05) is 6.07 Å². The molecule has 6 heteroatoms. The van der Waals surface area contributed by atoms with Crippen molar-refractivity contribution in [3.8, 4) is 0 Å². The zero-order chi connectivity index (χ0) is 17.2. The lowest BCUT2D eigenvalue weighted by Crippen LogP contribution is -2.71. The maximum Gasteiger partial charge on any atom is 0.623 e. The number of carbonyl (C=O) groups excluding carboxylic acids is 1. The van der Waals surface area contributed by atoms with Crippen LogP contribution < -0.4 is 0 Å². The summed E-state index contributed by atoms with van der Waals surface area (Å²) in [5, 5.41) is 0. The highest BCUT2D eigenvalue weighted by atomic mass is 35.5. The van der Waals surface area contributed by atoms with Crippen molar-refractivity contribution >= 4 is 34.5 Å². The zero-order valence-electron chi connectivity index (χ0n) is 14.5. The van der Waals surface area contributed by atoms with E-state index >= 15 is 0 Å². The number of benzene rings is 1. The Morgan fingerprint density at radius 1 is 1.16 bits per heavy atom. The summed E-state index contributed by atoms with van der Waals surface area (Å²) >= 11 is 12.8. The largest absolute Gasteiger partial charge is 0.623 e. The molecule has 0 aromatic heterocycles. The van der Waals surface area contributed by atoms with Crippen LogP contribution in [0.2, 0.25) is 0 Å². The van der Waals surface area contributed by atoms with E-state index in [9.17, 15) is 4.79 Å². The molecule has 1 amide bonds. The van der Waals surface area contributed by atoms with Gasteiger partial charge in [-0.05, 0) is 55.2 Å². The minimum Gasteiger partial charge on any atom is -0.363 e. The molecule has 0 N–H and O–H groups in total. The zero-order valence-corrected chi connectivity index (χ0v) is 16.0. The van der Waals surface area contributed by atoms with Gasteiger partial charge in [0.2, 0.25) is 0 Å². The third kappa shape index (κ3) is 2.40. The number of carbonyl (C=O) groups is 1. The van der Waals surface area contributed by atoms with E-state index in [4.69, 9.17) is 22.9 Å². The van der Waals surface area contributed by atoms with Gasteiger partial charge in [-0.3, -0.25) is 4.79 Å². The summed E-state index contributed by atoms with van der Waals surface area (Å²) in [6.45, 7) is 3.94. The van der Waals surface area contributed by atoms with Crippen molar-refractivity contribution in [2.24, 2.45) is 5.92 Å². The molecule has 25 heavy (non-hydrogen) atoms. The summed E-state index contributed by atoms with van der Waals surface area (Å²) in [7, 11) is 0. The number of rotatable bonds is 2. The summed E-state index contributed by atoms with van der Waals surface area (Å²) in [4.78, 5) is 15.6. The number of amides is 1. The van der Waals surface area contributed by atoms with Gasteiger partial charge in [0.1, 0.15) is 0 Å². The summed E-state index contributed by atoms with van der Waals surface area (Å²) in [5.74, 6) is 1.38. The molecule has 3 nitrogen and oxygen atoms in total. The van der Waals surface area contributed by atoms with Crippen LogP contribution >= 0.6 is 22.9 Å². The van der Waals surface area contributed by atoms with Gasteiger partial charge >= 0.3 is 5.68 Å². The molecule has 0 unspecified atom stereocenters. The Labute approximate surface area is 159 Å². The second kappa shape index (κ2) is 5.90. The molecular formula is C19H24BCl2N2O+. The molecule has 2 bridgehead atoms. The molecule has 0 radical (unpaired) electrons. The van der Waals surface area contributed by atoms with Gasteiger partial charge in [0, 0.05) is 18.0 Å². The first kappa shape index (κ1) is 16.5. The number of quaternary nitrogens is 1. The molecule has 1 aromatic rings. The van der Waals surface area contributed by atoms with Gasteiger partial charge < -0.3 is 9.29 Å². The SMILES string of the molecule is O=C1c2cccc3c2[C@H](CCC3)CN1[C@@H]1C[N+]2(B(Cl)Cl)CCC1CC2. The molecule has 0 spiro atoms. The Kier molecular flexibility index (Phi) is 3.89. The maximum absolute atomic E-state index is 13.4. The number of hydrogen-bond donors (Lipinski definition) is 0.